The first-order valence-electron chi connectivity index (χ1n) is 10.9. The van der Waals surface area contributed by atoms with E-state index in [-0.39, 0.29) is 18.5 Å². The number of alkyl carbamates (subject to hydrolysis) is 2. The minimum absolute atomic E-state index is 0.209. The van der Waals surface area contributed by atoms with Gasteiger partial charge in [0.05, 0.1) is 12.1 Å². The number of ether oxygens (including phenoxy) is 2. The van der Waals surface area contributed by atoms with Gasteiger partial charge in [-0.15, -0.1) is 0 Å². The molecule has 3 atom stereocenters. The largest absolute Gasteiger partial charge is 0.444 e. The summed E-state index contributed by atoms with van der Waals surface area (Å²) in [5.74, 6) is -0.209. The van der Waals surface area contributed by atoms with E-state index < -0.39 is 35.5 Å². The molecule has 1 saturated heterocycles. The molecule has 0 bridgehead atoms. The second-order valence-electron chi connectivity index (χ2n) is 9.86. The van der Waals surface area contributed by atoms with Crippen molar-refractivity contribution in [2.45, 2.75) is 96.6 Å². The Morgan fingerprint density at radius 2 is 1.61 bits per heavy atom. The smallest absolute Gasteiger partial charge is 0.407 e. The zero-order valence-electron chi connectivity index (χ0n) is 19.7. The summed E-state index contributed by atoms with van der Waals surface area (Å²) in [5, 5.41) is 20.9. The second kappa shape index (κ2) is 12.1. The summed E-state index contributed by atoms with van der Waals surface area (Å²) >= 11 is 0. The molecule has 5 N–H and O–H groups in total. The third-order valence-electron chi connectivity index (χ3n) is 4.32. The van der Waals surface area contributed by atoms with Gasteiger partial charge in [0, 0.05) is 25.7 Å². The Kier molecular flexibility index (Phi) is 10.5. The first-order valence-corrected chi connectivity index (χ1v) is 10.9. The number of rotatable bonds is 9. The first-order chi connectivity index (χ1) is 14.2. The van der Waals surface area contributed by atoms with Crippen LogP contribution >= 0.6 is 0 Å². The minimum Gasteiger partial charge on any atom is -0.444 e. The summed E-state index contributed by atoms with van der Waals surface area (Å²) in [7, 11) is 0. The SMILES string of the molecule is CC(C)(C)OC(=O)NCCCC[C@H](CNC(=O)[C@@H]1C[C@@H](O)CN1)NC(=O)OC(C)(C)C. The molecule has 0 aromatic carbocycles. The number of carbonyl (C=O) groups is 3. The van der Waals surface area contributed by atoms with Crippen LogP contribution in [0.15, 0.2) is 0 Å². The number of aliphatic hydroxyl groups is 1. The lowest BCUT2D eigenvalue weighted by atomic mass is 10.1. The van der Waals surface area contributed by atoms with Gasteiger partial charge < -0.3 is 35.8 Å². The molecule has 0 saturated carbocycles. The molecule has 0 aromatic heterocycles. The summed E-state index contributed by atoms with van der Waals surface area (Å²) in [4.78, 5) is 36.1. The van der Waals surface area contributed by atoms with E-state index in [2.05, 4.69) is 21.3 Å². The van der Waals surface area contributed by atoms with Crippen molar-refractivity contribution >= 4 is 18.1 Å². The molecule has 1 aliphatic rings. The van der Waals surface area contributed by atoms with Crippen molar-refractivity contribution in [2.24, 2.45) is 0 Å². The number of unbranched alkanes of at least 4 members (excludes halogenated alkanes) is 1. The maximum atomic E-state index is 12.3. The molecule has 10 heteroatoms. The van der Waals surface area contributed by atoms with Gasteiger partial charge in [0.25, 0.3) is 0 Å². The number of β-amino-alcohol motifs (C(OH)–C–C–N with tert-alkyl or cyclic N) is 1. The molecule has 0 spiro atoms. The third-order valence-corrected chi connectivity index (χ3v) is 4.32. The van der Waals surface area contributed by atoms with Crippen molar-refractivity contribution < 1.29 is 29.0 Å². The molecule has 1 fully saturated rings. The van der Waals surface area contributed by atoms with Gasteiger partial charge in [-0.05, 0) is 67.2 Å². The molecule has 1 rings (SSSR count). The Hall–Kier alpha value is -2.07. The highest BCUT2D eigenvalue weighted by atomic mass is 16.6. The van der Waals surface area contributed by atoms with Crippen molar-refractivity contribution in [3.63, 3.8) is 0 Å². The van der Waals surface area contributed by atoms with Gasteiger partial charge in [0.15, 0.2) is 0 Å². The fraction of sp³-hybridized carbons (Fsp3) is 0.857. The maximum Gasteiger partial charge on any atom is 0.407 e. The molecule has 31 heavy (non-hydrogen) atoms. The van der Waals surface area contributed by atoms with Crippen LogP contribution in [0.5, 0.6) is 0 Å². The molecular formula is C21H40N4O6. The predicted octanol–water partition coefficient (Wildman–Crippen LogP) is 1.41. The maximum absolute atomic E-state index is 12.3. The summed E-state index contributed by atoms with van der Waals surface area (Å²) in [6.07, 6.45) is 0.830. The van der Waals surface area contributed by atoms with E-state index in [9.17, 15) is 19.5 Å². The van der Waals surface area contributed by atoms with Crippen LogP contribution in [0, 0.1) is 0 Å². The topological polar surface area (TPSA) is 138 Å². The highest BCUT2D eigenvalue weighted by molar-refractivity contribution is 5.82. The number of carbonyl (C=O) groups excluding carboxylic acids is 3. The lowest BCUT2D eigenvalue weighted by Gasteiger charge is -2.24. The van der Waals surface area contributed by atoms with Crippen LogP contribution in [-0.4, -0.2) is 72.2 Å². The van der Waals surface area contributed by atoms with E-state index in [0.29, 0.717) is 38.8 Å². The molecule has 0 radical (unpaired) electrons. The Bertz CT molecular complexity index is 600. The van der Waals surface area contributed by atoms with Crippen LogP contribution in [0.2, 0.25) is 0 Å². The summed E-state index contributed by atoms with van der Waals surface area (Å²) < 4.78 is 10.5. The number of aliphatic hydroxyl groups excluding tert-OH is 1. The fourth-order valence-corrected chi connectivity index (χ4v) is 2.98. The van der Waals surface area contributed by atoms with Crippen molar-refractivity contribution in [1.29, 1.82) is 0 Å². The first kappa shape index (κ1) is 27.0. The van der Waals surface area contributed by atoms with E-state index in [4.69, 9.17) is 9.47 Å². The highest BCUT2D eigenvalue weighted by Gasteiger charge is 2.28. The fourth-order valence-electron chi connectivity index (χ4n) is 2.98. The molecule has 0 unspecified atom stereocenters. The van der Waals surface area contributed by atoms with Gasteiger partial charge in [-0.2, -0.15) is 0 Å². The van der Waals surface area contributed by atoms with Gasteiger partial charge in [-0.3, -0.25) is 4.79 Å². The average Bonchev–Trinajstić information content (AvgIpc) is 3.02. The van der Waals surface area contributed by atoms with Gasteiger partial charge in [0.2, 0.25) is 5.91 Å². The van der Waals surface area contributed by atoms with Crippen molar-refractivity contribution in [1.82, 2.24) is 21.3 Å². The van der Waals surface area contributed by atoms with E-state index in [1.807, 2.05) is 0 Å². The molecule has 0 aliphatic carbocycles. The van der Waals surface area contributed by atoms with E-state index in [1.54, 1.807) is 41.5 Å². The zero-order chi connectivity index (χ0) is 23.7. The van der Waals surface area contributed by atoms with Crippen LogP contribution in [0.4, 0.5) is 9.59 Å². The molecule has 1 heterocycles. The summed E-state index contributed by atoms with van der Waals surface area (Å²) in [6, 6.07) is -0.762. The van der Waals surface area contributed by atoms with Gasteiger partial charge in [0.1, 0.15) is 11.2 Å². The zero-order valence-corrected chi connectivity index (χ0v) is 19.7. The predicted molar refractivity (Wildman–Crippen MR) is 117 cm³/mol. The lowest BCUT2D eigenvalue weighted by molar-refractivity contribution is -0.123. The molecule has 180 valence electrons. The Labute approximate surface area is 185 Å². The number of nitrogens with one attached hydrogen (secondary N) is 4. The van der Waals surface area contributed by atoms with Crippen LogP contribution in [0.1, 0.15) is 67.2 Å². The van der Waals surface area contributed by atoms with Crippen LogP contribution in [-0.2, 0) is 14.3 Å². The monoisotopic (exact) mass is 444 g/mol. The number of hydrogen-bond donors (Lipinski definition) is 5. The summed E-state index contributed by atoms with van der Waals surface area (Å²) in [5.41, 5.74) is -1.17. The normalized spacial score (nSPS) is 20.0. The molecule has 3 amide bonds. The standard InChI is InChI=1S/C21H40N4O6/c1-20(2,3)30-18(28)22-10-8-7-9-14(25-19(29)31-21(4,5)6)12-24-17(27)16-11-15(26)13-23-16/h14-16,23,26H,7-13H2,1-6H3,(H,22,28)(H,24,27)(H,25,29)/t14-,15-,16+/m1/s1. The van der Waals surface area contributed by atoms with Gasteiger partial charge in [-0.1, -0.05) is 0 Å². The van der Waals surface area contributed by atoms with Gasteiger partial charge >= 0.3 is 12.2 Å². The minimum atomic E-state index is -0.626. The quantitative estimate of drug-likeness (QED) is 0.339. The highest BCUT2D eigenvalue weighted by Crippen LogP contribution is 2.10. The van der Waals surface area contributed by atoms with Gasteiger partial charge in [-0.25, -0.2) is 9.59 Å². The van der Waals surface area contributed by atoms with E-state index in [0.717, 1.165) is 0 Å². The van der Waals surface area contributed by atoms with Crippen LogP contribution in [0.3, 0.4) is 0 Å². The molecule has 1 aliphatic heterocycles. The second-order valence-corrected chi connectivity index (χ2v) is 9.86. The van der Waals surface area contributed by atoms with Crippen molar-refractivity contribution in [2.75, 3.05) is 19.6 Å². The average molecular weight is 445 g/mol. The number of amides is 3. The molecule has 10 nitrogen and oxygen atoms in total. The third kappa shape index (κ3) is 13.1. The number of hydrogen-bond acceptors (Lipinski definition) is 7. The Morgan fingerprint density at radius 3 is 2.16 bits per heavy atom. The summed E-state index contributed by atoms with van der Waals surface area (Å²) in [6.45, 7) is 11.8. The van der Waals surface area contributed by atoms with Crippen LogP contribution < -0.4 is 21.3 Å². The lowest BCUT2D eigenvalue weighted by Crippen LogP contribution is -2.48. The van der Waals surface area contributed by atoms with E-state index >= 15 is 0 Å². The molecular weight excluding hydrogens is 404 g/mol. The molecule has 0 aromatic rings. The van der Waals surface area contributed by atoms with E-state index in [1.165, 1.54) is 0 Å². The Balaban J connectivity index is 2.45. The van der Waals surface area contributed by atoms with Crippen molar-refractivity contribution in [3.05, 3.63) is 0 Å². The van der Waals surface area contributed by atoms with Crippen LogP contribution in [0.25, 0.3) is 0 Å². The van der Waals surface area contributed by atoms with Crippen molar-refractivity contribution in [3.8, 4) is 0 Å². The Morgan fingerprint density at radius 1 is 1.00 bits per heavy atom.